The van der Waals surface area contributed by atoms with Crippen molar-refractivity contribution in [1.29, 1.82) is 0 Å². The molecule has 18 heavy (non-hydrogen) atoms. The lowest BCUT2D eigenvalue weighted by molar-refractivity contribution is 0.776. The molecule has 94 valence electrons. The van der Waals surface area contributed by atoms with Crippen molar-refractivity contribution in [2.24, 2.45) is 0 Å². The lowest BCUT2D eigenvalue weighted by Crippen LogP contribution is -2.01. The van der Waals surface area contributed by atoms with Crippen LogP contribution in [-0.2, 0) is 6.42 Å². The van der Waals surface area contributed by atoms with E-state index < -0.39 is 0 Å². The Kier molecular flexibility index (Phi) is 4.58. The van der Waals surface area contributed by atoms with Crippen molar-refractivity contribution in [2.45, 2.75) is 39.0 Å². The van der Waals surface area contributed by atoms with Gasteiger partial charge in [-0.2, -0.15) is 0 Å². The van der Waals surface area contributed by atoms with Crippen LogP contribution in [0.2, 0.25) is 0 Å². The molecule has 0 aliphatic heterocycles. The van der Waals surface area contributed by atoms with E-state index in [1.807, 2.05) is 0 Å². The first kappa shape index (κ1) is 12.9. The number of benzene rings is 2. The normalized spacial score (nSPS) is 12.3. The highest BCUT2D eigenvalue weighted by molar-refractivity contribution is 5.37. The van der Waals surface area contributed by atoms with E-state index in [-0.39, 0.29) is 0 Å². The van der Waals surface area contributed by atoms with Crippen LogP contribution in [-0.4, -0.2) is 0 Å². The maximum atomic E-state index is 2.31. The third-order valence-electron chi connectivity index (χ3n) is 3.62. The molecule has 1 unspecified atom stereocenters. The summed E-state index contributed by atoms with van der Waals surface area (Å²) in [5, 5.41) is 0. The average Bonchev–Trinajstić information content (AvgIpc) is 2.45. The third kappa shape index (κ3) is 3.01. The van der Waals surface area contributed by atoms with Crippen LogP contribution in [0.3, 0.4) is 0 Å². The van der Waals surface area contributed by atoms with Crippen molar-refractivity contribution in [1.82, 2.24) is 0 Å². The van der Waals surface area contributed by atoms with E-state index in [1.165, 1.54) is 36.0 Å². The van der Waals surface area contributed by atoms with Crippen molar-refractivity contribution in [3.8, 4) is 0 Å². The van der Waals surface area contributed by atoms with Crippen LogP contribution in [0.4, 0.5) is 0 Å². The van der Waals surface area contributed by atoms with Gasteiger partial charge >= 0.3 is 0 Å². The minimum Gasteiger partial charge on any atom is -0.0654 e. The first-order chi connectivity index (χ1) is 8.83. The molecule has 1 atom stereocenters. The van der Waals surface area contributed by atoms with Gasteiger partial charge in [0.05, 0.1) is 0 Å². The first-order valence-electron chi connectivity index (χ1n) is 6.95. The van der Waals surface area contributed by atoms with E-state index in [1.54, 1.807) is 0 Å². The fourth-order valence-electron chi connectivity index (χ4n) is 2.47. The zero-order chi connectivity index (χ0) is 12.8. The number of rotatable bonds is 5. The topological polar surface area (TPSA) is 0 Å². The average molecular weight is 238 g/mol. The Labute approximate surface area is 111 Å². The second kappa shape index (κ2) is 6.39. The van der Waals surface area contributed by atoms with Gasteiger partial charge in [-0.25, -0.2) is 0 Å². The first-order valence-corrected chi connectivity index (χ1v) is 6.95. The van der Waals surface area contributed by atoms with Gasteiger partial charge in [0.25, 0.3) is 0 Å². The van der Waals surface area contributed by atoms with Crippen LogP contribution >= 0.6 is 0 Å². The molecule has 0 heteroatoms. The zero-order valence-corrected chi connectivity index (χ0v) is 11.4. The van der Waals surface area contributed by atoms with Gasteiger partial charge in [-0.3, -0.25) is 0 Å². The summed E-state index contributed by atoms with van der Waals surface area (Å²) in [6.07, 6.45) is 3.73. The molecule has 0 radical (unpaired) electrons. The predicted octanol–water partition coefficient (Wildman–Crippen LogP) is 5.18. The Bertz CT molecular complexity index is 470. The van der Waals surface area contributed by atoms with Gasteiger partial charge in [0.2, 0.25) is 0 Å². The van der Waals surface area contributed by atoms with E-state index in [9.17, 15) is 0 Å². The highest BCUT2D eigenvalue weighted by atomic mass is 14.2. The van der Waals surface area contributed by atoms with E-state index in [0.717, 1.165) is 0 Å². The second-order valence-electron chi connectivity index (χ2n) is 4.93. The van der Waals surface area contributed by atoms with Crippen LogP contribution in [0.5, 0.6) is 0 Å². The molecular weight excluding hydrogens is 216 g/mol. The molecule has 0 N–H and O–H groups in total. The monoisotopic (exact) mass is 238 g/mol. The van der Waals surface area contributed by atoms with Crippen molar-refractivity contribution < 1.29 is 0 Å². The molecular formula is C18H22. The highest BCUT2D eigenvalue weighted by Crippen LogP contribution is 2.27. The Balaban J connectivity index is 2.27. The molecule has 0 bridgehead atoms. The summed E-state index contributed by atoms with van der Waals surface area (Å²) in [6, 6.07) is 19.7. The Hall–Kier alpha value is -1.56. The quantitative estimate of drug-likeness (QED) is 0.673. The number of unbranched alkanes of at least 4 members (excludes halogenated alkanes) is 1. The lowest BCUT2D eigenvalue weighted by atomic mass is 9.88. The number of hydrogen-bond donors (Lipinski definition) is 0. The summed E-state index contributed by atoms with van der Waals surface area (Å²) in [5.41, 5.74) is 4.40. The predicted molar refractivity (Wildman–Crippen MR) is 79.0 cm³/mol. The van der Waals surface area contributed by atoms with Gasteiger partial charge in [0, 0.05) is 5.92 Å². The van der Waals surface area contributed by atoms with E-state index >= 15 is 0 Å². The Morgan fingerprint density at radius 2 is 1.56 bits per heavy atom. The van der Waals surface area contributed by atoms with Gasteiger partial charge in [-0.1, -0.05) is 74.9 Å². The van der Waals surface area contributed by atoms with E-state index in [2.05, 4.69) is 68.4 Å². The molecule has 2 aromatic rings. The molecule has 0 aromatic heterocycles. The molecule has 0 aliphatic carbocycles. The second-order valence-corrected chi connectivity index (χ2v) is 4.93. The molecule has 0 fully saturated rings. The fourth-order valence-corrected chi connectivity index (χ4v) is 2.47. The molecule has 0 spiro atoms. The van der Waals surface area contributed by atoms with Crippen LogP contribution in [0, 0.1) is 0 Å². The van der Waals surface area contributed by atoms with Crippen LogP contribution < -0.4 is 0 Å². The minimum absolute atomic E-state index is 0.485. The fraction of sp³-hybridized carbons (Fsp3) is 0.333. The summed E-state index contributed by atoms with van der Waals surface area (Å²) in [6.45, 7) is 4.56. The van der Waals surface area contributed by atoms with Crippen LogP contribution in [0.25, 0.3) is 0 Å². The molecule has 0 nitrogen and oxygen atoms in total. The van der Waals surface area contributed by atoms with Crippen molar-refractivity contribution in [3.05, 3.63) is 71.3 Å². The number of aryl methyl sites for hydroxylation is 1. The lowest BCUT2D eigenvalue weighted by Gasteiger charge is -2.17. The van der Waals surface area contributed by atoms with E-state index in [0.29, 0.717) is 5.92 Å². The smallest absolute Gasteiger partial charge is 0.00637 e. The number of hydrogen-bond acceptors (Lipinski definition) is 0. The summed E-state index contributed by atoms with van der Waals surface area (Å²) >= 11 is 0. The van der Waals surface area contributed by atoms with Crippen molar-refractivity contribution in [2.75, 3.05) is 0 Å². The molecule has 0 amide bonds. The minimum atomic E-state index is 0.485. The maximum Gasteiger partial charge on any atom is 0.00637 e. The maximum absolute atomic E-state index is 2.31. The van der Waals surface area contributed by atoms with Crippen LogP contribution in [0.1, 0.15) is 49.3 Å². The SMILES string of the molecule is CCCCc1ccccc1C(C)c1ccccc1. The van der Waals surface area contributed by atoms with Gasteiger partial charge < -0.3 is 0 Å². The van der Waals surface area contributed by atoms with E-state index in [4.69, 9.17) is 0 Å². The third-order valence-corrected chi connectivity index (χ3v) is 3.62. The molecule has 0 saturated heterocycles. The summed E-state index contributed by atoms with van der Waals surface area (Å²) in [5.74, 6) is 0.485. The largest absolute Gasteiger partial charge is 0.0654 e. The standard InChI is InChI=1S/C18H22/c1-3-4-10-17-13-8-9-14-18(17)15(2)16-11-6-5-7-12-16/h5-9,11-15H,3-4,10H2,1-2H3. The summed E-state index contributed by atoms with van der Waals surface area (Å²) in [4.78, 5) is 0. The van der Waals surface area contributed by atoms with Gasteiger partial charge in [-0.15, -0.1) is 0 Å². The van der Waals surface area contributed by atoms with Crippen molar-refractivity contribution >= 4 is 0 Å². The Morgan fingerprint density at radius 1 is 0.889 bits per heavy atom. The molecule has 0 aliphatic rings. The van der Waals surface area contributed by atoms with Crippen molar-refractivity contribution in [3.63, 3.8) is 0 Å². The van der Waals surface area contributed by atoms with Gasteiger partial charge in [0.15, 0.2) is 0 Å². The molecule has 0 saturated carbocycles. The highest BCUT2D eigenvalue weighted by Gasteiger charge is 2.11. The zero-order valence-electron chi connectivity index (χ0n) is 11.4. The summed E-state index contributed by atoms with van der Waals surface area (Å²) < 4.78 is 0. The molecule has 2 rings (SSSR count). The Morgan fingerprint density at radius 3 is 2.28 bits per heavy atom. The van der Waals surface area contributed by atoms with Gasteiger partial charge in [-0.05, 0) is 29.5 Å². The van der Waals surface area contributed by atoms with Crippen LogP contribution in [0.15, 0.2) is 54.6 Å². The van der Waals surface area contributed by atoms with Gasteiger partial charge in [0.1, 0.15) is 0 Å². The molecule has 0 heterocycles. The summed E-state index contributed by atoms with van der Waals surface area (Å²) in [7, 11) is 0. The molecule has 2 aromatic carbocycles.